The van der Waals surface area contributed by atoms with Crippen LogP contribution in [0.25, 0.3) is 10.8 Å². The fourth-order valence-electron chi connectivity index (χ4n) is 1.76. The minimum atomic E-state index is -3.54. The first-order chi connectivity index (χ1) is 8.85. The van der Waals surface area contributed by atoms with E-state index in [1.807, 2.05) is 0 Å². The first kappa shape index (κ1) is 13.3. The molecule has 0 aromatic heterocycles. The number of carbonyl (C=O) groups is 1. The highest BCUT2D eigenvalue weighted by molar-refractivity contribution is 7.89. The molecule has 0 spiro atoms. The Morgan fingerprint density at radius 2 is 1.89 bits per heavy atom. The topological polar surface area (TPSA) is 109 Å². The first-order valence-corrected chi connectivity index (χ1v) is 6.83. The predicted octanol–water partition coefficient (Wildman–Crippen LogP) is 1.03. The summed E-state index contributed by atoms with van der Waals surface area (Å²) in [6.45, 7) is 0. The van der Waals surface area contributed by atoms with Gasteiger partial charge in [0.05, 0.1) is 10.5 Å². The van der Waals surface area contributed by atoms with E-state index in [1.165, 1.54) is 31.3 Å². The van der Waals surface area contributed by atoms with Crippen molar-refractivity contribution in [2.24, 2.45) is 0 Å². The molecule has 7 heteroatoms. The zero-order valence-corrected chi connectivity index (χ0v) is 10.9. The van der Waals surface area contributed by atoms with Crippen LogP contribution in [-0.4, -0.2) is 26.5 Å². The molecule has 6 nitrogen and oxygen atoms in total. The van der Waals surface area contributed by atoms with Crippen molar-refractivity contribution >= 4 is 32.5 Å². The number of carboxylic acid groups (broad SMARTS) is 1. The van der Waals surface area contributed by atoms with E-state index in [2.05, 4.69) is 4.72 Å². The van der Waals surface area contributed by atoms with Gasteiger partial charge in [-0.2, -0.15) is 0 Å². The van der Waals surface area contributed by atoms with Crippen molar-refractivity contribution in [3.63, 3.8) is 0 Å². The molecule has 0 atom stereocenters. The molecule has 0 radical (unpaired) electrons. The molecule has 2 rings (SSSR count). The van der Waals surface area contributed by atoms with Crippen LogP contribution >= 0.6 is 0 Å². The molecular formula is C12H12N2O4S. The van der Waals surface area contributed by atoms with Gasteiger partial charge in [0.25, 0.3) is 0 Å². The molecule has 0 heterocycles. The summed E-state index contributed by atoms with van der Waals surface area (Å²) in [5.41, 5.74) is 5.73. The third kappa shape index (κ3) is 2.38. The van der Waals surface area contributed by atoms with E-state index >= 15 is 0 Å². The molecule has 0 saturated carbocycles. The molecule has 100 valence electrons. The molecule has 0 saturated heterocycles. The van der Waals surface area contributed by atoms with Gasteiger partial charge in [-0.05, 0) is 42.1 Å². The summed E-state index contributed by atoms with van der Waals surface area (Å²) >= 11 is 0. The van der Waals surface area contributed by atoms with Crippen LogP contribution in [0.1, 0.15) is 10.4 Å². The Morgan fingerprint density at radius 1 is 1.21 bits per heavy atom. The number of carboxylic acids is 1. The monoisotopic (exact) mass is 280 g/mol. The number of hydrogen-bond donors (Lipinski definition) is 3. The molecule has 19 heavy (non-hydrogen) atoms. The van der Waals surface area contributed by atoms with Gasteiger partial charge in [-0.25, -0.2) is 17.9 Å². The van der Waals surface area contributed by atoms with Gasteiger partial charge in [-0.3, -0.25) is 0 Å². The molecule has 0 fully saturated rings. The average Bonchev–Trinajstić information content (AvgIpc) is 2.36. The standard InChI is InChI=1S/C12H12N2O4S/c1-14-19(17,18)9-3-2-7-5-10(12(15)16)11(13)6-8(7)4-9/h2-6,14H,13H2,1H3,(H,15,16). The molecule has 0 aliphatic heterocycles. The van der Waals surface area contributed by atoms with Crippen LogP contribution < -0.4 is 10.5 Å². The Bertz CT molecular complexity index is 769. The van der Waals surface area contributed by atoms with E-state index in [9.17, 15) is 13.2 Å². The Morgan fingerprint density at radius 3 is 2.47 bits per heavy atom. The van der Waals surface area contributed by atoms with E-state index in [0.717, 1.165) is 0 Å². The highest BCUT2D eigenvalue weighted by atomic mass is 32.2. The molecule has 2 aromatic carbocycles. The minimum Gasteiger partial charge on any atom is -0.478 e. The third-order valence-electron chi connectivity index (χ3n) is 2.79. The Balaban J connectivity index is 2.70. The number of rotatable bonds is 3. The van der Waals surface area contributed by atoms with Gasteiger partial charge in [0.1, 0.15) is 0 Å². The van der Waals surface area contributed by atoms with Crippen molar-refractivity contribution in [2.75, 3.05) is 12.8 Å². The van der Waals surface area contributed by atoms with Gasteiger partial charge < -0.3 is 10.8 Å². The largest absolute Gasteiger partial charge is 0.478 e. The zero-order valence-electron chi connectivity index (χ0n) is 10.0. The molecule has 0 aliphatic carbocycles. The normalized spacial score (nSPS) is 11.6. The first-order valence-electron chi connectivity index (χ1n) is 5.35. The molecule has 0 amide bonds. The van der Waals surface area contributed by atoms with E-state index in [4.69, 9.17) is 10.8 Å². The number of hydrogen-bond acceptors (Lipinski definition) is 4. The SMILES string of the molecule is CNS(=O)(=O)c1ccc2cc(C(=O)O)c(N)cc2c1. The van der Waals surface area contributed by atoms with Crippen molar-refractivity contribution < 1.29 is 18.3 Å². The van der Waals surface area contributed by atoms with Crippen LogP contribution in [-0.2, 0) is 10.0 Å². The summed E-state index contributed by atoms with van der Waals surface area (Å²) in [5, 5.41) is 10.1. The number of nitrogens with one attached hydrogen (secondary N) is 1. The fourth-order valence-corrected chi connectivity index (χ4v) is 2.53. The number of anilines is 1. The fraction of sp³-hybridized carbons (Fsp3) is 0.0833. The Labute approximate surface area is 109 Å². The Kier molecular flexibility index (Phi) is 3.17. The van der Waals surface area contributed by atoms with Crippen molar-refractivity contribution in [1.29, 1.82) is 0 Å². The van der Waals surface area contributed by atoms with Crippen molar-refractivity contribution in [2.45, 2.75) is 4.90 Å². The minimum absolute atomic E-state index is 0.00303. The number of nitrogens with two attached hydrogens (primary N) is 1. The van der Waals surface area contributed by atoms with Crippen molar-refractivity contribution in [3.8, 4) is 0 Å². The highest BCUT2D eigenvalue weighted by Gasteiger charge is 2.14. The van der Waals surface area contributed by atoms with Crippen molar-refractivity contribution in [3.05, 3.63) is 35.9 Å². The molecule has 2 aromatic rings. The third-order valence-corrected chi connectivity index (χ3v) is 4.20. The van der Waals surface area contributed by atoms with Crippen LogP contribution in [0.3, 0.4) is 0 Å². The second-order valence-electron chi connectivity index (χ2n) is 3.96. The van der Waals surface area contributed by atoms with Crippen LogP contribution in [0.4, 0.5) is 5.69 Å². The number of aromatic carboxylic acids is 1. The van der Waals surface area contributed by atoms with Crippen molar-refractivity contribution in [1.82, 2.24) is 4.72 Å². The number of fused-ring (bicyclic) bond motifs is 1. The summed E-state index contributed by atoms with van der Waals surface area (Å²) in [7, 11) is -2.22. The average molecular weight is 280 g/mol. The molecule has 4 N–H and O–H groups in total. The highest BCUT2D eigenvalue weighted by Crippen LogP contribution is 2.24. The summed E-state index contributed by atoms with van der Waals surface area (Å²) in [5.74, 6) is -1.12. The zero-order chi connectivity index (χ0) is 14.2. The maximum Gasteiger partial charge on any atom is 0.337 e. The number of sulfonamides is 1. The van der Waals surface area contributed by atoms with Gasteiger partial charge in [-0.1, -0.05) is 6.07 Å². The Hall–Kier alpha value is -2.12. The predicted molar refractivity (Wildman–Crippen MR) is 71.6 cm³/mol. The van der Waals surface area contributed by atoms with Crippen LogP contribution in [0.15, 0.2) is 35.2 Å². The molecule has 0 unspecified atom stereocenters. The smallest absolute Gasteiger partial charge is 0.337 e. The quantitative estimate of drug-likeness (QED) is 0.727. The van der Waals surface area contributed by atoms with Gasteiger partial charge in [0, 0.05) is 5.69 Å². The van der Waals surface area contributed by atoms with Gasteiger partial charge in [0.2, 0.25) is 10.0 Å². The lowest BCUT2D eigenvalue weighted by Crippen LogP contribution is -2.18. The van der Waals surface area contributed by atoms with E-state index in [0.29, 0.717) is 10.8 Å². The van der Waals surface area contributed by atoms with E-state index < -0.39 is 16.0 Å². The second-order valence-corrected chi connectivity index (χ2v) is 5.85. The van der Waals surface area contributed by atoms with Gasteiger partial charge in [0.15, 0.2) is 0 Å². The number of nitrogen functional groups attached to an aromatic ring is 1. The summed E-state index contributed by atoms with van der Waals surface area (Å²) < 4.78 is 25.5. The number of benzene rings is 2. The summed E-state index contributed by atoms with van der Waals surface area (Å²) in [6, 6.07) is 7.28. The maximum absolute atomic E-state index is 11.7. The lowest BCUT2D eigenvalue weighted by Gasteiger charge is -2.07. The maximum atomic E-state index is 11.7. The van der Waals surface area contributed by atoms with Gasteiger partial charge >= 0.3 is 5.97 Å². The second kappa shape index (κ2) is 4.52. The van der Waals surface area contributed by atoms with Crippen LogP contribution in [0, 0.1) is 0 Å². The van der Waals surface area contributed by atoms with E-state index in [-0.39, 0.29) is 16.1 Å². The molecule has 0 aliphatic rings. The summed E-state index contributed by atoms with van der Waals surface area (Å²) in [6.07, 6.45) is 0. The van der Waals surface area contributed by atoms with Crippen LogP contribution in [0.5, 0.6) is 0 Å². The van der Waals surface area contributed by atoms with E-state index in [1.54, 1.807) is 6.07 Å². The lowest BCUT2D eigenvalue weighted by molar-refractivity contribution is 0.0698. The van der Waals surface area contributed by atoms with Crippen LogP contribution in [0.2, 0.25) is 0 Å². The molecule has 0 bridgehead atoms. The lowest BCUT2D eigenvalue weighted by atomic mass is 10.1. The van der Waals surface area contributed by atoms with Gasteiger partial charge in [-0.15, -0.1) is 0 Å². The molecular weight excluding hydrogens is 268 g/mol. The summed E-state index contributed by atoms with van der Waals surface area (Å²) in [4.78, 5) is 11.1.